The molecule has 0 spiro atoms. The van der Waals surface area contributed by atoms with E-state index >= 15 is 0 Å². The Bertz CT molecular complexity index is 109. The van der Waals surface area contributed by atoms with Gasteiger partial charge in [-0.3, -0.25) is 0 Å². The smallest absolute Gasteiger partial charge is 0.00668 e. The van der Waals surface area contributed by atoms with Gasteiger partial charge >= 0.3 is 0 Å². The zero-order chi connectivity index (χ0) is 10.6. The lowest BCUT2D eigenvalue weighted by Crippen LogP contribution is -2.21. The number of hydrogen-bond donors (Lipinski definition) is 2. The van der Waals surface area contributed by atoms with E-state index in [9.17, 15) is 0 Å². The maximum atomic E-state index is 5.43. The number of nitrogens with zero attached hydrogens (tertiary/aromatic N) is 1. The van der Waals surface area contributed by atoms with Gasteiger partial charge in [-0.25, -0.2) is 0 Å². The van der Waals surface area contributed by atoms with Gasteiger partial charge in [-0.15, -0.1) is 0 Å². The third-order valence-electron chi connectivity index (χ3n) is 2.48. The molecular formula is C11H26N2S. The fraction of sp³-hybridized carbons (Fsp3) is 1.00. The molecule has 0 atom stereocenters. The summed E-state index contributed by atoms with van der Waals surface area (Å²) in [5, 5.41) is 0. The van der Waals surface area contributed by atoms with Gasteiger partial charge in [0.1, 0.15) is 0 Å². The van der Waals surface area contributed by atoms with Gasteiger partial charge in [0, 0.05) is 12.3 Å². The number of thiol groups is 1. The Morgan fingerprint density at radius 3 is 2.07 bits per heavy atom. The van der Waals surface area contributed by atoms with Crippen molar-refractivity contribution < 1.29 is 0 Å². The molecule has 0 aliphatic heterocycles. The van der Waals surface area contributed by atoms with Crippen molar-refractivity contribution in [2.45, 2.75) is 38.5 Å². The van der Waals surface area contributed by atoms with Gasteiger partial charge in [-0.1, -0.05) is 25.7 Å². The molecule has 0 amide bonds. The Balaban J connectivity index is 2.98. The van der Waals surface area contributed by atoms with E-state index < -0.39 is 0 Å². The topological polar surface area (TPSA) is 29.3 Å². The molecule has 0 bridgehead atoms. The van der Waals surface area contributed by atoms with Crippen LogP contribution in [0.1, 0.15) is 38.5 Å². The number of hydrogen-bond acceptors (Lipinski definition) is 3. The molecule has 3 heteroatoms. The molecule has 0 aromatic rings. The maximum Gasteiger partial charge on any atom is 0.00668 e. The van der Waals surface area contributed by atoms with E-state index in [2.05, 4.69) is 24.6 Å². The van der Waals surface area contributed by atoms with Crippen LogP contribution in [0.4, 0.5) is 0 Å². The molecule has 0 aromatic heterocycles. The van der Waals surface area contributed by atoms with Crippen LogP contribution in [0.25, 0.3) is 0 Å². The monoisotopic (exact) mass is 218 g/mol. The van der Waals surface area contributed by atoms with E-state index in [1.165, 1.54) is 45.1 Å². The summed E-state index contributed by atoms with van der Waals surface area (Å²) in [5.41, 5.74) is 5.43. The van der Waals surface area contributed by atoms with Crippen molar-refractivity contribution in [1.82, 2.24) is 4.90 Å². The Morgan fingerprint density at radius 1 is 0.929 bits per heavy atom. The first kappa shape index (κ1) is 14.3. The summed E-state index contributed by atoms with van der Waals surface area (Å²) in [6.07, 6.45) is 7.92. The van der Waals surface area contributed by atoms with Crippen molar-refractivity contribution >= 4 is 12.6 Å². The predicted molar refractivity (Wildman–Crippen MR) is 68.1 cm³/mol. The lowest BCUT2D eigenvalue weighted by atomic mass is 10.1. The lowest BCUT2D eigenvalue weighted by molar-refractivity contribution is 0.343. The second-order valence-corrected chi connectivity index (χ2v) is 4.38. The van der Waals surface area contributed by atoms with Crippen LogP contribution in [0.2, 0.25) is 0 Å². The van der Waals surface area contributed by atoms with Crippen LogP contribution < -0.4 is 5.73 Å². The Labute approximate surface area is 94.6 Å². The summed E-state index contributed by atoms with van der Waals surface area (Å²) in [4.78, 5) is 2.35. The molecule has 0 saturated carbocycles. The van der Waals surface area contributed by atoms with E-state index in [1.54, 1.807) is 0 Å². The van der Waals surface area contributed by atoms with Gasteiger partial charge < -0.3 is 10.6 Å². The highest BCUT2D eigenvalue weighted by Gasteiger charge is 1.96. The summed E-state index contributed by atoms with van der Waals surface area (Å²) in [6, 6.07) is 0. The molecule has 0 saturated heterocycles. The molecule has 0 heterocycles. The number of nitrogens with two attached hydrogens (primary N) is 1. The first-order valence-corrected chi connectivity index (χ1v) is 6.44. The standard InChI is InChI=1S/C11H26N2S/c1-13(10-11-14)9-7-5-3-2-4-6-8-12/h14H,2-12H2,1H3. The number of unbranched alkanes of at least 4 members (excludes halogenated alkanes) is 5. The molecule has 0 aromatic carbocycles. The van der Waals surface area contributed by atoms with Gasteiger partial charge in [0.25, 0.3) is 0 Å². The van der Waals surface area contributed by atoms with E-state index in [4.69, 9.17) is 5.73 Å². The maximum absolute atomic E-state index is 5.43. The van der Waals surface area contributed by atoms with Crippen LogP contribution in [0, 0.1) is 0 Å². The SMILES string of the molecule is CN(CCS)CCCCCCCCN. The van der Waals surface area contributed by atoms with Gasteiger partial charge in [0.05, 0.1) is 0 Å². The summed E-state index contributed by atoms with van der Waals surface area (Å²) < 4.78 is 0. The molecule has 0 rings (SSSR count). The molecule has 0 aliphatic rings. The molecule has 14 heavy (non-hydrogen) atoms. The summed E-state index contributed by atoms with van der Waals surface area (Å²) in [5.74, 6) is 0.965. The van der Waals surface area contributed by atoms with Crippen LogP contribution >= 0.6 is 12.6 Å². The van der Waals surface area contributed by atoms with E-state index in [0.29, 0.717) is 0 Å². The van der Waals surface area contributed by atoms with E-state index in [0.717, 1.165) is 18.8 Å². The van der Waals surface area contributed by atoms with Crippen molar-refractivity contribution in [3.05, 3.63) is 0 Å². The zero-order valence-corrected chi connectivity index (χ0v) is 10.4. The molecule has 0 radical (unpaired) electrons. The van der Waals surface area contributed by atoms with Crippen LogP contribution in [-0.4, -0.2) is 37.3 Å². The van der Waals surface area contributed by atoms with Gasteiger partial charge in [-0.05, 0) is 33.0 Å². The average Bonchev–Trinajstić information content (AvgIpc) is 2.17. The van der Waals surface area contributed by atoms with Gasteiger partial charge in [0.2, 0.25) is 0 Å². The zero-order valence-electron chi connectivity index (χ0n) is 9.54. The average molecular weight is 218 g/mol. The lowest BCUT2D eigenvalue weighted by Gasteiger charge is -2.14. The second-order valence-electron chi connectivity index (χ2n) is 3.94. The highest BCUT2D eigenvalue weighted by molar-refractivity contribution is 7.80. The molecule has 0 aliphatic carbocycles. The van der Waals surface area contributed by atoms with Gasteiger partial charge in [0.15, 0.2) is 0 Å². The molecule has 2 nitrogen and oxygen atoms in total. The first-order valence-electron chi connectivity index (χ1n) is 5.80. The highest BCUT2D eigenvalue weighted by atomic mass is 32.1. The van der Waals surface area contributed by atoms with E-state index in [-0.39, 0.29) is 0 Å². The minimum absolute atomic E-state index is 0.852. The fourth-order valence-corrected chi connectivity index (χ4v) is 1.86. The minimum Gasteiger partial charge on any atom is -0.330 e. The van der Waals surface area contributed by atoms with Crippen molar-refractivity contribution in [2.24, 2.45) is 5.73 Å². The summed E-state index contributed by atoms with van der Waals surface area (Å²) in [7, 11) is 2.17. The van der Waals surface area contributed by atoms with E-state index in [1.807, 2.05) is 0 Å². The molecule has 0 fully saturated rings. The van der Waals surface area contributed by atoms with Crippen LogP contribution in [0.3, 0.4) is 0 Å². The van der Waals surface area contributed by atoms with Crippen molar-refractivity contribution in [3.8, 4) is 0 Å². The second kappa shape index (κ2) is 11.3. The largest absolute Gasteiger partial charge is 0.330 e. The molecule has 2 N–H and O–H groups in total. The fourth-order valence-electron chi connectivity index (χ4n) is 1.52. The van der Waals surface area contributed by atoms with Crippen molar-refractivity contribution in [2.75, 3.05) is 32.4 Å². The van der Waals surface area contributed by atoms with Gasteiger partial charge in [-0.2, -0.15) is 12.6 Å². The van der Waals surface area contributed by atoms with Crippen LogP contribution in [0.5, 0.6) is 0 Å². The third kappa shape index (κ3) is 10.4. The summed E-state index contributed by atoms with van der Waals surface area (Å²) in [6.45, 7) is 3.18. The van der Waals surface area contributed by atoms with Crippen LogP contribution in [0.15, 0.2) is 0 Å². The Morgan fingerprint density at radius 2 is 1.50 bits per heavy atom. The predicted octanol–water partition coefficient (Wildman–Crippen LogP) is 2.15. The van der Waals surface area contributed by atoms with Crippen LogP contribution in [-0.2, 0) is 0 Å². The third-order valence-corrected chi connectivity index (χ3v) is 2.68. The Kier molecular flexibility index (Phi) is 11.6. The quantitative estimate of drug-likeness (QED) is 0.434. The molecule has 86 valence electrons. The summed E-state index contributed by atoms with van der Waals surface area (Å²) >= 11 is 4.21. The number of rotatable bonds is 10. The Hall–Kier alpha value is 0.270. The van der Waals surface area contributed by atoms with Crippen molar-refractivity contribution in [3.63, 3.8) is 0 Å². The van der Waals surface area contributed by atoms with Crippen molar-refractivity contribution in [1.29, 1.82) is 0 Å². The minimum atomic E-state index is 0.852. The molecule has 0 unspecified atom stereocenters. The normalized spacial score (nSPS) is 11.1. The highest BCUT2D eigenvalue weighted by Crippen LogP contribution is 2.05. The first-order chi connectivity index (χ1) is 6.81. The molecular weight excluding hydrogens is 192 g/mol.